The number of halogens is 1. The Bertz CT molecular complexity index is 1020. The molecule has 8 heteroatoms. The van der Waals surface area contributed by atoms with Crippen molar-refractivity contribution in [2.24, 2.45) is 0 Å². The van der Waals surface area contributed by atoms with Crippen LogP contribution in [0.5, 0.6) is 5.75 Å². The lowest BCUT2D eigenvalue weighted by atomic mass is 10.1. The Labute approximate surface area is 174 Å². The maximum Gasteiger partial charge on any atom is 0.237 e. The number of piperidine rings is 1. The number of aromatic nitrogens is 1. The van der Waals surface area contributed by atoms with Crippen molar-refractivity contribution < 1.29 is 13.9 Å². The number of benzene rings is 1. The molecule has 2 aromatic rings. The van der Waals surface area contributed by atoms with Crippen LogP contribution in [0.3, 0.4) is 0 Å². The minimum atomic E-state index is -1.12. The van der Waals surface area contributed by atoms with Crippen molar-refractivity contribution in [2.75, 3.05) is 26.2 Å². The number of fused-ring (bicyclic) bond motifs is 1. The van der Waals surface area contributed by atoms with Gasteiger partial charge < -0.3 is 9.64 Å². The van der Waals surface area contributed by atoms with Crippen LogP contribution in [0.15, 0.2) is 30.5 Å². The lowest BCUT2D eigenvalue weighted by molar-refractivity contribution is -0.133. The zero-order valence-electron chi connectivity index (χ0n) is 16.5. The zero-order valence-corrected chi connectivity index (χ0v) is 16.5. The van der Waals surface area contributed by atoms with Gasteiger partial charge in [-0.3, -0.25) is 14.7 Å². The molecular weight excluding hydrogens is 385 g/mol. The Morgan fingerprint density at radius 1 is 1.27 bits per heavy atom. The number of hydrogen-bond donors (Lipinski definition) is 0. The molecule has 0 bridgehead atoms. The Kier molecular flexibility index (Phi) is 5.78. The Morgan fingerprint density at radius 3 is 2.80 bits per heavy atom. The molecule has 4 rings (SSSR count). The molecule has 1 aromatic heterocycles. The van der Waals surface area contributed by atoms with Gasteiger partial charge >= 0.3 is 0 Å². The maximum atomic E-state index is 13.6. The van der Waals surface area contributed by atoms with Gasteiger partial charge in [-0.05, 0) is 31.0 Å². The zero-order chi connectivity index (χ0) is 21.1. The first-order chi connectivity index (χ1) is 14.6. The molecular formula is C22H22FN5O2. The molecule has 7 nitrogen and oxygen atoms in total. The number of likely N-dealkylation sites (tertiary alicyclic amines) is 2. The molecule has 154 valence electrons. The lowest BCUT2D eigenvalue weighted by Crippen LogP contribution is -2.46. The molecule has 0 aliphatic carbocycles. The highest BCUT2D eigenvalue weighted by molar-refractivity contribution is 5.89. The predicted molar refractivity (Wildman–Crippen MR) is 107 cm³/mol. The van der Waals surface area contributed by atoms with E-state index >= 15 is 0 Å². The van der Waals surface area contributed by atoms with E-state index in [4.69, 9.17) is 10.00 Å². The maximum absolute atomic E-state index is 13.6. The number of nitriles is 2. The van der Waals surface area contributed by atoms with Crippen LogP contribution in [-0.4, -0.2) is 65.2 Å². The van der Waals surface area contributed by atoms with Crippen LogP contribution in [0, 0.1) is 22.7 Å². The summed E-state index contributed by atoms with van der Waals surface area (Å²) < 4.78 is 19.8. The van der Waals surface area contributed by atoms with Gasteiger partial charge in [-0.25, -0.2) is 4.39 Å². The minimum absolute atomic E-state index is 0.00144. The van der Waals surface area contributed by atoms with Crippen molar-refractivity contribution in [2.45, 2.75) is 37.6 Å². The number of carbonyl (C=O) groups excluding carboxylic acids is 1. The fourth-order valence-corrected chi connectivity index (χ4v) is 4.17. The van der Waals surface area contributed by atoms with Crippen LogP contribution in [0.2, 0.25) is 0 Å². The average Bonchev–Trinajstić information content (AvgIpc) is 3.16. The molecule has 2 aliphatic heterocycles. The Hall–Kier alpha value is -3.23. The molecule has 0 spiro atoms. The number of para-hydroxylation sites is 1. The summed E-state index contributed by atoms with van der Waals surface area (Å²) in [5, 5.41) is 19.2. The van der Waals surface area contributed by atoms with E-state index in [9.17, 15) is 14.4 Å². The van der Waals surface area contributed by atoms with Gasteiger partial charge in [-0.1, -0.05) is 6.07 Å². The first-order valence-electron chi connectivity index (χ1n) is 10.1. The summed E-state index contributed by atoms with van der Waals surface area (Å²) in [5.41, 5.74) is 1.14. The van der Waals surface area contributed by atoms with Crippen molar-refractivity contribution in [1.29, 1.82) is 10.5 Å². The molecule has 2 saturated heterocycles. The summed E-state index contributed by atoms with van der Waals surface area (Å²) in [7, 11) is 0. The molecule has 0 N–H and O–H groups in total. The van der Waals surface area contributed by atoms with E-state index in [0.717, 1.165) is 18.2 Å². The van der Waals surface area contributed by atoms with E-state index < -0.39 is 12.2 Å². The molecule has 2 aliphatic rings. The van der Waals surface area contributed by atoms with Crippen LogP contribution in [0.25, 0.3) is 10.9 Å². The van der Waals surface area contributed by atoms with Gasteiger partial charge in [0, 0.05) is 31.1 Å². The molecule has 1 aromatic carbocycles. The van der Waals surface area contributed by atoms with Crippen molar-refractivity contribution in [1.82, 2.24) is 14.8 Å². The first kappa shape index (κ1) is 20.1. The van der Waals surface area contributed by atoms with Gasteiger partial charge in [-0.2, -0.15) is 10.5 Å². The number of pyridine rings is 1. The number of rotatable bonds is 4. The molecule has 2 atom stereocenters. The monoisotopic (exact) mass is 407 g/mol. The predicted octanol–water partition coefficient (Wildman–Crippen LogP) is 2.41. The van der Waals surface area contributed by atoms with Crippen LogP contribution >= 0.6 is 0 Å². The Balaban J connectivity index is 1.35. The summed E-state index contributed by atoms with van der Waals surface area (Å²) in [6.45, 7) is 1.58. The number of nitrogens with zero attached hydrogens (tertiary/aromatic N) is 5. The normalized spacial score (nSPS) is 22.6. The standard InChI is InChI=1S/C22H22FN5O2/c23-16-10-17(12-25)28(13-16)21(29)14-27-8-5-18(6-9-27)30-20-4-7-26-22-15(11-24)2-1-3-19(20)22/h1-4,7,16-18H,5-6,8-10,13-14H2/t16-,17?/m0/s1. The second-order valence-corrected chi connectivity index (χ2v) is 7.74. The van der Waals surface area contributed by atoms with Gasteiger partial charge in [-0.15, -0.1) is 0 Å². The highest BCUT2D eigenvalue weighted by Crippen LogP contribution is 2.28. The van der Waals surface area contributed by atoms with Crippen LogP contribution in [-0.2, 0) is 4.79 Å². The largest absolute Gasteiger partial charge is 0.490 e. The smallest absolute Gasteiger partial charge is 0.237 e. The quantitative estimate of drug-likeness (QED) is 0.773. The summed E-state index contributed by atoms with van der Waals surface area (Å²) in [4.78, 5) is 20.2. The summed E-state index contributed by atoms with van der Waals surface area (Å²) >= 11 is 0. The third-order valence-corrected chi connectivity index (χ3v) is 5.76. The molecule has 2 fully saturated rings. The van der Waals surface area contributed by atoms with Crippen LogP contribution < -0.4 is 4.74 Å². The van der Waals surface area contributed by atoms with E-state index in [0.29, 0.717) is 29.9 Å². The van der Waals surface area contributed by atoms with Crippen molar-refractivity contribution in [3.63, 3.8) is 0 Å². The number of ether oxygens (including phenoxy) is 1. The molecule has 3 heterocycles. The fourth-order valence-electron chi connectivity index (χ4n) is 4.17. The molecule has 0 saturated carbocycles. The van der Waals surface area contributed by atoms with E-state index in [2.05, 4.69) is 11.1 Å². The summed E-state index contributed by atoms with van der Waals surface area (Å²) in [6, 6.07) is 10.8. The van der Waals surface area contributed by atoms with Crippen LogP contribution in [0.4, 0.5) is 4.39 Å². The van der Waals surface area contributed by atoms with Crippen molar-refractivity contribution in [3.05, 3.63) is 36.0 Å². The van der Waals surface area contributed by atoms with Crippen molar-refractivity contribution >= 4 is 16.8 Å². The molecule has 1 unspecified atom stereocenters. The number of amides is 1. The number of carbonyl (C=O) groups is 1. The summed E-state index contributed by atoms with van der Waals surface area (Å²) in [5.74, 6) is 0.514. The molecule has 1 amide bonds. The van der Waals surface area contributed by atoms with Gasteiger partial charge in [0.15, 0.2) is 0 Å². The van der Waals surface area contributed by atoms with E-state index in [1.807, 2.05) is 29.2 Å². The van der Waals surface area contributed by atoms with Gasteiger partial charge in [0.05, 0.1) is 30.2 Å². The highest BCUT2D eigenvalue weighted by Gasteiger charge is 2.36. The lowest BCUT2D eigenvalue weighted by Gasteiger charge is -2.33. The topological polar surface area (TPSA) is 93.2 Å². The number of alkyl halides is 1. The first-order valence-corrected chi connectivity index (χ1v) is 10.1. The van der Waals surface area contributed by atoms with Gasteiger partial charge in [0.25, 0.3) is 0 Å². The average molecular weight is 407 g/mol. The van der Waals surface area contributed by atoms with E-state index in [1.54, 1.807) is 12.3 Å². The SMILES string of the molecule is N#Cc1cccc2c(OC3CCN(CC(=O)N4C[C@@H](F)CC4C#N)CC3)ccnc12. The highest BCUT2D eigenvalue weighted by atomic mass is 19.1. The fraction of sp³-hybridized carbons (Fsp3) is 0.455. The third-order valence-electron chi connectivity index (χ3n) is 5.76. The second-order valence-electron chi connectivity index (χ2n) is 7.74. The van der Waals surface area contributed by atoms with E-state index in [1.165, 1.54) is 4.90 Å². The molecule has 30 heavy (non-hydrogen) atoms. The van der Waals surface area contributed by atoms with Crippen LogP contribution in [0.1, 0.15) is 24.8 Å². The molecule has 0 radical (unpaired) electrons. The van der Waals surface area contributed by atoms with Crippen molar-refractivity contribution in [3.8, 4) is 17.9 Å². The Morgan fingerprint density at radius 2 is 2.07 bits per heavy atom. The van der Waals surface area contributed by atoms with Gasteiger partial charge in [0.1, 0.15) is 30.1 Å². The minimum Gasteiger partial charge on any atom is -0.490 e. The van der Waals surface area contributed by atoms with Gasteiger partial charge in [0.2, 0.25) is 5.91 Å². The second kappa shape index (κ2) is 8.64. The summed E-state index contributed by atoms with van der Waals surface area (Å²) in [6.07, 6.45) is 2.14. The van der Waals surface area contributed by atoms with E-state index in [-0.39, 0.29) is 31.5 Å². The number of hydrogen-bond acceptors (Lipinski definition) is 6. The third kappa shape index (κ3) is 4.05.